The van der Waals surface area contributed by atoms with Crippen molar-refractivity contribution in [3.63, 3.8) is 0 Å². The fourth-order valence-electron chi connectivity index (χ4n) is 4.30. The van der Waals surface area contributed by atoms with Gasteiger partial charge in [-0.15, -0.1) is 0 Å². The monoisotopic (exact) mass is 360 g/mol. The van der Waals surface area contributed by atoms with Gasteiger partial charge >= 0.3 is 5.63 Å². The van der Waals surface area contributed by atoms with E-state index in [1.807, 2.05) is 36.4 Å². The van der Waals surface area contributed by atoms with Gasteiger partial charge in [0.05, 0.1) is 16.9 Å². The SMILES string of the molecule is O=C1CCC(=O)C2C1Oc1c(c(=O)oc3ccccc13)C2c1ccccc1. The van der Waals surface area contributed by atoms with Crippen molar-refractivity contribution in [2.75, 3.05) is 0 Å². The minimum absolute atomic E-state index is 0.0494. The number of fused-ring (bicyclic) bond motifs is 4. The highest BCUT2D eigenvalue weighted by atomic mass is 16.5. The molecule has 1 fully saturated rings. The topological polar surface area (TPSA) is 73.6 Å². The lowest BCUT2D eigenvalue weighted by molar-refractivity contribution is -0.143. The maximum Gasteiger partial charge on any atom is 0.343 e. The van der Waals surface area contributed by atoms with Gasteiger partial charge in [0.25, 0.3) is 0 Å². The predicted octanol–water partition coefficient (Wildman–Crippen LogP) is 3.23. The number of ketones is 2. The number of ether oxygens (including phenoxy) is 1. The lowest BCUT2D eigenvalue weighted by atomic mass is 9.69. The molecule has 1 aliphatic heterocycles. The Hall–Kier alpha value is -3.21. The van der Waals surface area contributed by atoms with Gasteiger partial charge in [-0.05, 0) is 17.7 Å². The van der Waals surface area contributed by atoms with E-state index in [1.54, 1.807) is 18.2 Å². The summed E-state index contributed by atoms with van der Waals surface area (Å²) < 4.78 is 11.6. The number of para-hydroxylation sites is 1. The molecule has 5 rings (SSSR count). The Bertz CT molecular complexity index is 1130. The molecule has 3 aromatic rings. The maximum absolute atomic E-state index is 12.9. The lowest BCUT2D eigenvalue weighted by Gasteiger charge is -2.40. The van der Waals surface area contributed by atoms with E-state index >= 15 is 0 Å². The number of hydrogen-bond donors (Lipinski definition) is 0. The maximum atomic E-state index is 12.9. The number of carbonyl (C=O) groups is 2. The second-order valence-electron chi connectivity index (χ2n) is 7.01. The lowest BCUT2D eigenvalue weighted by Crippen LogP contribution is -2.50. The fourth-order valence-corrected chi connectivity index (χ4v) is 4.30. The van der Waals surface area contributed by atoms with Crippen LogP contribution in [-0.2, 0) is 9.59 Å². The normalized spacial score (nSPS) is 24.2. The van der Waals surface area contributed by atoms with Gasteiger partial charge in [0, 0.05) is 18.8 Å². The average molecular weight is 360 g/mol. The zero-order valence-electron chi connectivity index (χ0n) is 14.4. The third-order valence-electron chi connectivity index (χ3n) is 5.51. The van der Waals surface area contributed by atoms with Gasteiger partial charge in [0.15, 0.2) is 11.9 Å². The molecule has 2 heterocycles. The summed E-state index contributed by atoms with van der Waals surface area (Å²) >= 11 is 0. The smallest absolute Gasteiger partial charge is 0.343 e. The van der Waals surface area contributed by atoms with Crippen LogP contribution in [0.4, 0.5) is 0 Å². The first-order valence-electron chi connectivity index (χ1n) is 8.98. The first kappa shape index (κ1) is 16.0. The first-order chi connectivity index (χ1) is 13.1. The molecule has 1 saturated carbocycles. The van der Waals surface area contributed by atoms with E-state index < -0.39 is 23.6 Å². The highest BCUT2D eigenvalue weighted by Crippen LogP contribution is 2.47. The second-order valence-corrected chi connectivity index (χ2v) is 7.01. The second kappa shape index (κ2) is 5.91. The van der Waals surface area contributed by atoms with Crippen LogP contribution in [0.5, 0.6) is 5.75 Å². The van der Waals surface area contributed by atoms with Gasteiger partial charge in [-0.2, -0.15) is 0 Å². The van der Waals surface area contributed by atoms with Crippen molar-refractivity contribution >= 4 is 22.5 Å². The minimum Gasteiger partial charge on any atom is -0.480 e. The van der Waals surface area contributed by atoms with Crippen LogP contribution in [0.15, 0.2) is 63.8 Å². The van der Waals surface area contributed by atoms with E-state index in [0.717, 1.165) is 5.56 Å². The molecule has 0 amide bonds. The quantitative estimate of drug-likeness (QED) is 0.623. The third kappa shape index (κ3) is 2.35. The molecule has 0 spiro atoms. The molecule has 1 aromatic heterocycles. The largest absolute Gasteiger partial charge is 0.480 e. The number of Topliss-reactive ketones (excluding diaryl/α,β-unsaturated/α-hetero) is 2. The Labute approximate surface area is 154 Å². The number of hydrogen-bond acceptors (Lipinski definition) is 5. The van der Waals surface area contributed by atoms with Gasteiger partial charge in [-0.25, -0.2) is 4.79 Å². The van der Waals surface area contributed by atoms with E-state index in [4.69, 9.17) is 9.15 Å². The highest BCUT2D eigenvalue weighted by molar-refractivity contribution is 6.00. The first-order valence-corrected chi connectivity index (χ1v) is 8.98. The van der Waals surface area contributed by atoms with Crippen LogP contribution in [-0.4, -0.2) is 17.7 Å². The molecule has 27 heavy (non-hydrogen) atoms. The average Bonchev–Trinajstić information content (AvgIpc) is 2.70. The summed E-state index contributed by atoms with van der Waals surface area (Å²) in [6.45, 7) is 0. The van der Waals surface area contributed by atoms with Crippen molar-refractivity contribution in [1.82, 2.24) is 0 Å². The van der Waals surface area contributed by atoms with Crippen molar-refractivity contribution in [2.45, 2.75) is 24.9 Å². The molecule has 2 aromatic carbocycles. The van der Waals surface area contributed by atoms with Gasteiger partial charge in [-0.1, -0.05) is 42.5 Å². The minimum atomic E-state index is -0.867. The summed E-state index contributed by atoms with van der Waals surface area (Å²) in [6, 6.07) is 16.4. The van der Waals surface area contributed by atoms with E-state index in [1.165, 1.54) is 0 Å². The van der Waals surface area contributed by atoms with Gasteiger partial charge in [0.1, 0.15) is 17.1 Å². The van der Waals surface area contributed by atoms with Crippen LogP contribution < -0.4 is 10.4 Å². The molecule has 5 nitrogen and oxygen atoms in total. The van der Waals surface area contributed by atoms with Gasteiger partial charge < -0.3 is 9.15 Å². The summed E-state index contributed by atoms with van der Waals surface area (Å²) in [7, 11) is 0. The highest BCUT2D eigenvalue weighted by Gasteiger charge is 2.50. The number of carbonyl (C=O) groups excluding carboxylic acids is 2. The number of benzene rings is 2. The Morgan fingerprint density at radius 1 is 0.815 bits per heavy atom. The van der Waals surface area contributed by atoms with Crippen molar-refractivity contribution in [1.29, 1.82) is 0 Å². The summed E-state index contributed by atoms with van der Waals surface area (Å²) in [5.41, 5.74) is 1.01. The molecule has 0 bridgehead atoms. The molecule has 0 radical (unpaired) electrons. The molecule has 3 atom stereocenters. The van der Waals surface area contributed by atoms with Gasteiger partial charge in [0.2, 0.25) is 0 Å². The fraction of sp³-hybridized carbons (Fsp3) is 0.227. The summed E-state index contributed by atoms with van der Waals surface area (Å²) in [4.78, 5) is 38.3. The van der Waals surface area contributed by atoms with Crippen molar-refractivity contribution in [2.24, 2.45) is 5.92 Å². The van der Waals surface area contributed by atoms with Gasteiger partial charge in [-0.3, -0.25) is 9.59 Å². The van der Waals surface area contributed by atoms with E-state index in [9.17, 15) is 14.4 Å². The number of rotatable bonds is 1. The molecule has 134 valence electrons. The molecular formula is C22H16O5. The molecule has 3 unspecified atom stereocenters. The van der Waals surface area contributed by atoms with Crippen LogP contribution in [0.3, 0.4) is 0 Å². The molecule has 5 heteroatoms. The van der Waals surface area contributed by atoms with E-state index in [2.05, 4.69) is 0 Å². The zero-order valence-corrected chi connectivity index (χ0v) is 14.4. The molecule has 0 saturated heterocycles. The van der Waals surface area contributed by atoms with Crippen LogP contribution >= 0.6 is 0 Å². The Kier molecular flexibility index (Phi) is 3.50. The summed E-state index contributed by atoms with van der Waals surface area (Å²) in [5.74, 6) is -1.04. The van der Waals surface area contributed by atoms with Crippen LogP contribution in [0, 0.1) is 5.92 Å². The predicted molar refractivity (Wildman–Crippen MR) is 97.9 cm³/mol. The van der Waals surface area contributed by atoms with Crippen LogP contribution in [0.2, 0.25) is 0 Å². The third-order valence-corrected chi connectivity index (χ3v) is 5.51. The molecular weight excluding hydrogens is 344 g/mol. The van der Waals surface area contributed by atoms with E-state index in [0.29, 0.717) is 22.3 Å². The van der Waals surface area contributed by atoms with E-state index in [-0.39, 0.29) is 24.4 Å². The summed E-state index contributed by atoms with van der Waals surface area (Å²) in [6.07, 6.45) is -0.508. The standard InChI is InChI=1S/C22H16O5/c23-14-10-11-15(24)21-18(14)17(12-6-2-1-3-7-12)19-20(27-21)13-8-4-5-9-16(13)26-22(19)25/h1-9,17-18,21H,10-11H2. The Morgan fingerprint density at radius 3 is 2.33 bits per heavy atom. The van der Waals surface area contributed by atoms with Crippen LogP contribution in [0.1, 0.15) is 29.9 Å². The Morgan fingerprint density at radius 2 is 1.52 bits per heavy atom. The Balaban J connectivity index is 1.85. The van der Waals surface area contributed by atoms with Crippen molar-refractivity contribution in [3.8, 4) is 5.75 Å². The summed E-state index contributed by atoms with van der Waals surface area (Å²) in [5, 5.41) is 0.636. The van der Waals surface area contributed by atoms with Crippen molar-refractivity contribution in [3.05, 3.63) is 76.1 Å². The van der Waals surface area contributed by atoms with Crippen LogP contribution in [0.25, 0.3) is 11.0 Å². The zero-order chi connectivity index (χ0) is 18.5. The molecule has 1 aliphatic carbocycles. The molecule has 0 N–H and O–H groups in total. The van der Waals surface area contributed by atoms with Crippen molar-refractivity contribution < 1.29 is 18.7 Å². The molecule has 2 aliphatic rings.